The van der Waals surface area contributed by atoms with Gasteiger partial charge in [0.1, 0.15) is 18.0 Å². The third-order valence-electron chi connectivity index (χ3n) is 10.2. The van der Waals surface area contributed by atoms with Gasteiger partial charge in [0.05, 0.1) is 129 Å². The van der Waals surface area contributed by atoms with Crippen molar-refractivity contribution in [1.82, 2.24) is 10.2 Å². The Morgan fingerprint density at radius 3 is 1.79 bits per heavy atom. The number of amidine groups is 1. The predicted octanol–water partition coefficient (Wildman–Crippen LogP) is 4.20. The molecular weight excluding hydrogens is 977 g/mol. The number of rotatable bonds is 41. The largest absolute Gasteiger partial charge is 0.420 e. The van der Waals surface area contributed by atoms with Crippen molar-refractivity contribution in [2.45, 2.75) is 77.4 Å². The van der Waals surface area contributed by atoms with E-state index in [1.165, 1.54) is 4.88 Å². The normalized spacial score (nSPS) is 13.6. The number of ether oxygens (including phenoxy) is 9. The molecule has 1 aliphatic heterocycles. The molecule has 3 rings (SSSR count). The number of aryl methyl sites for hydroxylation is 1. The standard InChI is InChI=1S/C48H74F4N6O13S/c1-3-11-58(12-4-2)47(62)34-28-41-38(57-42(53)29-34)30-35(72-41)8-6-5-7-10-55-48(54)56-32-39(59)40(60)33-70-27-26-69-25-24-68-23-22-67-21-20-66-19-18-65-17-16-64-15-14-63-13-9-43(61)71-46-44(51)36(49)31-37(50)45(46)52/h28,30-31,39-40,59-60H,3-27,29,32-33H2,1-2H3,(H2,53,57)(H3,54,55,56). The summed E-state index contributed by atoms with van der Waals surface area (Å²) in [6, 6.07) is 2.08. The molecule has 1 aromatic heterocycles. The monoisotopic (exact) mass is 1050 g/mol. The molecule has 1 aliphatic rings. The number of fused-ring (bicyclic) bond motifs is 1. The summed E-state index contributed by atoms with van der Waals surface area (Å²) in [7, 11) is 0. The number of amides is 1. The van der Waals surface area contributed by atoms with Gasteiger partial charge >= 0.3 is 5.97 Å². The number of esters is 1. The van der Waals surface area contributed by atoms with Gasteiger partial charge in [0.15, 0.2) is 17.6 Å². The SMILES string of the molecule is CCCN(CCC)C(=O)C1=Cc2sc(CCCCCNC(N)=NCC(O)C(O)COCCOCCOCCOCCOCCOCCOCCOCCC(=O)Oc3c(F)c(F)cc(F)c3F)cc2N=C(N)C1. The van der Waals surface area contributed by atoms with Crippen LogP contribution in [0, 0.1) is 23.3 Å². The number of carbonyl (C=O) groups excluding carboxylic acids is 2. The highest BCUT2D eigenvalue weighted by atomic mass is 32.1. The molecule has 72 heavy (non-hydrogen) atoms. The summed E-state index contributed by atoms with van der Waals surface area (Å²) in [5, 5.41) is 23.6. The molecular formula is C48H74F4N6O13S. The van der Waals surface area contributed by atoms with Gasteiger partial charge in [-0.1, -0.05) is 20.3 Å². The van der Waals surface area contributed by atoms with E-state index in [1.54, 1.807) is 11.3 Å². The maximum absolute atomic E-state index is 13.6. The minimum Gasteiger partial charge on any atom is -0.420 e. The number of hydrogen-bond acceptors (Lipinski definition) is 17. The van der Waals surface area contributed by atoms with E-state index in [1.807, 2.05) is 11.0 Å². The molecule has 1 amide bonds. The lowest BCUT2D eigenvalue weighted by molar-refractivity contribution is -0.136. The van der Waals surface area contributed by atoms with Gasteiger partial charge in [-0.2, -0.15) is 8.78 Å². The Morgan fingerprint density at radius 2 is 1.26 bits per heavy atom. The van der Waals surface area contributed by atoms with Crippen molar-refractivity contribution in [3.63, 3.8) is 0 Å². The van der Waals surface area contributed by atoms with Gasteiger partial charge in [-0.25, -0.2) is 13.8 Å². The highest BCUT2D eigenvalue weighted by Gasteiger charge is 2.24. The highest BCUT2D eigenvalue weighted by Crippen LogP contribution is 2.35. The fraction of sp³-hybridized carbons (Fsp3) is 0.667. The Hall–Kier alpha value is -4.34. The molecule has 408 valence electrons. The van der Waals surface area contributed by atoms with Crippen LogP contribution in [-0.2, 0) is 53.9 Å². The highest BCUT2D eigenvalue weighted by molar-refractivity contribution is 7.13. The number of aliphatic imine (C=N–C) groups is 2. The molecule has 2 unspecified atom stereocenters. The van der Waals surface area contributed by atoms with Gasteiger partial charge in [-0.3, -0.25) is 14.6 Å². The van der Waals surface area contributed by atoms with E-state index in [2.05, 4.69) is 40.0 Å². The maximum Gasteiger partial charge on any atom is 0.313 e. The second-order valence-electron chi connectivity index (χ2n) is 16.2. The van der Waals surface area contributed by atoms with Crippen LogP contribution in [-0.4, -0.2) is 183 Å². The lowest BCUT2D eigenvalue weighted by Crippen LogP contribution is -2.37. The van der Waals surface area contributed by atoms with Crippen molar-refractivity contribution in [3.8, 4) is 5.75 Å². The molecule has 0 aliphatic carbocycles. The Bertz CT molecular complexity index is 1930. The zero-order valence-electron chi connectivity index (χ0n) is 41.5. The molecule has 19 nitrogen and oxygen atoms in total. The van der Waals surface area contributed by atoms with Crippen LogP contribution >= 0.6 is 11.3 Å². The molecule has 0 spiro atoms. The van der Waals surface area contributed by atoms with E-state index in [-0.39, 0.29) is 70.7 Å². The number of aliphatic hydroxyl groups excluding tert-OH is 2. The summed E-state index contributed by atoms with van der Waals surface area (Å²) in [6.45, 7) is 10.1. The van der Waals surface area contributed by atoms with Crippen LogP contribution in [0.25, 0.3) is 6.08 Å². The minimum atomic E-state index is -1.80. The molecule has 0 bridgehead atoms. The third kappa shape index (κ3) is 25.5. The number of nitrogens with two attached hydrogens (primary N) is 2. The van der Waals surface area contributed by atoms with E-state index in [0.29, 0.717) is 83.8 Å². The van der Waals surface area contributed by atoms with E-state index >= 15 is 0 Å². The van der Waals surface area contributed by atoms with Gasteiger partial charge in [-0.05, 0) is 44.2 Å². The summed E-state index contributed by atoms with van der Waals surface area (Å²) in [6.07, 6.45) is 5.05. The summed E-state index contributed by atoms with van der Waals surface area (Å²) in [5.41, 5.74) is 13.7. The summed E-state index contributed by atoms with van der Waals surface area (Å²) in [4.78, 5) is 37.8. The first-order chi connectivity index (χ1) is 34.8. The average molecular weight is 1050 g/mol. The summed E-state index contributed by atoms with van der Waals surface area (Å²) < 4.78 is 101. The summed E-state index contributed by atoms with van der Waals surface area (Å²) in [5.74, 6) is -8.89. The fourth-order valence-electron chi connectivity index (χ4n) is 6.56. The van der Waals surface area contributed by atoms with Crippen molar-refractivity contribution < 1.29 is 80.0 Å². The van der Waals surface area contributed by atoms with Crippen LogP contribution < -0.4 is 21.5 Å². The first kappa shape index (κ1) is 62.0. The van der Waals surface area contributed by atoms with Crippen LogP contribution in [0.15, 0.2) is 27.7 Å². The number of nitrogens with one attached hydrogen (secondary N) is 1. The number of guanidine groups is 1. The van der Waals surface area contributed by atoms with Crippen LogP contribution in [0.2, 0.25) is 0 Å². The van der Waals surface area contributed by atoms with Crippen molar-refractivity contribution in [2.24, 2.45) is 21.5 Å². The zero-order valence-corrected chi connectivity index (χ0v) is 42.3. The second kappa shape index (κ2) is 37.4. The van der Waals surface area contributed by atoms with E-state index in [0.717, 1.165) is 62.2 Å². The number of benzene rings is 1. The van der Waals surface area contributed by atoms with Gasteiger partial charge in [0.2, 0.25) is 23.3 Å². The quantitative estimate of drug-likeness (QED) is 0.0119. The van der Waals surface area contributed by atoms with Crippen LogP contribution in [0.5, 0.6) is 5.75 Å². The van der Waals surface area contributed by atoms with Crippen molar-refractivity contribution in [2.75, 3.05) is 132 Å². The van der Waals surface area contributed by atoms with Gasteiger partial charge in [-0.15, -0.1) is 11.3 Å². The number of thiophene rings is 1. The smallest absolute Gasteiger partial charge is 0.313 e. The molecule has 0 radical (unpaired) electrons. The number of hydrogen-bond donors (Lipinski definition) is 5. The van der Waals surface area contributed by atoms with Crippen LogP contribution in [0.1, 0.15) is 68.5 Å². The third-order valence-corrected chi connectivity index (χ3v) is 11.3. The van der Waals surface area contributed by atoms with Crippen molar-refractivity contribution in [3.05, 3.63) is 50.7 Å². The molecule has 0 saturated heterocycles. The topological polar surface area (TPSA) is 250 Å². The minimum absolute atomic E-state index is 0.0121. The molecule has 2 aromatic rings. The fourth-order valence-corrected chi connectivity index (χ4v) is 7.67. The molecule has 1 aromatic carbocycles. The molecule has 0 saturated carbocycles. The van der Waals surface area contributed by atoms with Crippen LogP contribution in [0.4, 0.5) is 23.2 Å². The Kier molecular flexibility index (Phi) is 32.2. The molecule has 2 heterocycles. The number of nitrogens with zero attached hydrogens (tertiary/aromatic N) is 3. The van der Waals surface area contributed by atoms with Crippen LogP contribution in [0.3, 0.4) is 0 Å². The lowest BCUT2D eigenvalue weighted by atomic mass is 10.1. The van der Waals surface area contributed by atoms with Gasteiger partial charge in [0.25, 0.3) is 0 Å². The van der Waals surface area contributed by atoms with E-state index in [9.17, 15) is 37.4 Å². The first-order valence-corrected chi connectivity index (χ1v) is 25.2. The molecule has 24 heteroatoms. The first-order valence-electron chi connectivity index (χ1n) is 24.4. The summed E-state index contributed by atoms with van der Waals surface area (Å²) >= 11 is 1.65. The number of halogens is 4. The Labute approximate surface area is 423 Å². The van der Waals surface area contributed by atoms with Crippen molar-refractivity contribution >= 4 is 46.8 Å². The van der Waals surface area contributed by atoms with E-state index in [4.69, 9.17) is 49.4 Å². The molecule has 2 atom stereocenters. The van der Waals surface area contributed by atoms with Gasteiger partial charge in [0, 0.05) is 42.6 Å². The number of carbonyl (C=O) groups is 2. The zero-order chi connectivity index (χ0) is 52.4. The second-order valence-corrected chi connectivity index (χ2v) is 17.4. The maximum atomic E-state index is 13.6. The van der Waals surface area contributed by atoms with Crippen molar-refractivity contribution in [1.29, 1.82) is 0 Å². The Balaban J connectivity index is 1.05. The average Bonchev–Trinajstić information content (AvgIpc) is 3.65. The van der Waals surface area contributed by atoms with Gasteiger partial charge < -0.3 is 74.5 Å². The van der Waals surface area contributed by atoms with E-state index < -0.39 is 53.6 Å². The molecule has 7 N–H and O–H groups in total. The number of aliphatic hydroxyl groups is 2. The lowest BCUT2D eigenvalue weighted by Gasteiger charge is -2.22. The molecule has 0 fully saturated rings. The number of unbranched alkanes of at least 4 members (excludes halogenated alkanes) is 2. The predicted molar refractivity (Wildman–Crippen MR) is 262 cm³/mol. The Morgan fingerprint density at radius 1 is 0.750 bits per heavy atom.